The van der Waals surface area contributed by atoms with E-state index in [0.717, 1.165) is 0 Å². The Balaban J connectivity index is 3.17. The molecule has 0 aliphatic heterocycles. The molecule has 0 bridgehead atoms. The van der Waals surface area contributed by atoms with E-state index in [1.807, 2.05) is 0 Å². The number of aliphatic imine (C=N–C) groups is 1. The van der Waals surface area contributed by atoms with Crippen molar-refractivity contribution in [2.24, 2.45) is 4.99 Å². The van der Waals surface area contributed by atoms with Gasteiger partial charge in [0, 0.05) is 12.1 Å². The molecule has 0 spiro atoms. The van der Waals surface area contributed by atoms with E-state index in [0.29, 0.717) is 12.1 Å². The molecule has 0 aliphatic carbocycles. The van der Waals surface area contributed by atoms with E-state index in [1.165, 1.54) is 0 Å². The molecule has 88 valence electrons. The second-order valence-corrected chi connectivity index (χ2v) is 3.77. The van der Waals surface area contributed by atoms with E-state index in [2.05, 4.69) is 20.9 Å². The van der Waals surface area contributed by atoms with Crippen molar-refractivity contribution in [1.82, 2.24) is 0 Å². The lowest BCUT2D eigenvalue weighted by Gasteiger charge is -2.04. The van der Waals surface area contributed by atoms with Crippen LogP contribution in [0.25, 0.3) is 0 Å². The van der Waals surface area contributed by atoms with Gasteiger partial charge in [-0.15, -0.1) is 0 Å². The number of hydrogen-bond acceptors (Lipinski definition) is 1. The van der Waals surface area contributed by atoms with Gasteiger partial charge in [0.1, 0.15) is 11.6 Å². The number of rotatable bonds is 1. The molecule has 1 rings (SSSR count). The minimum absolute atomic E-state index is 0.477. The number of benzene rings is 1. The van der Waals surface area contributed by atoms with Crippen molar-refractivity contribution >= 4 is 38.4 Å². The first kappa shape index (κ1) is 13.4. The molecule has 0 aromatic heterocycles. The second-order valence-electron chi connectivity index (χ2n) is 2.62. The number of alkyl halides is 3. The zero-order valence-electron chi connectivity index (χ0n) is 7.25. The fraction of sp³-hybridized carbons (Fsp3) is 0.125. The van der Waals surface area contributed by atoms with E-state index >= 15 is 0 Å². The maximum Gasteiger partial charge on any atom is 0.444 e. The minimum atomic E-state index is -4.85. The molecule has 0 N–H and O–H groups in total. The standard InChI is InChI=1S/C8H2BrClF5N/c9-6-4(11)1-3(2-5(6)12)16-7(10)8(13,14)15/h1-2H. The van der Waals surface area contributed by atoms with E-state index in [-0.39, 0.29) is 0 Å². The van der Waals surface area contributed by atoms with Crippen molar-refractivity contribution in [3.05, 3.63) is 28.2 Å². The van der Waals surface area contributed by atoms with Crippen molar-refractivity contribution in [3.8, 4) is 0 Å². The summed E-state index contributed by atoms with van der Waals surface area (Å²) >= 11 is 7.37. The van der Waals surface area contributed by atoms with Gasteiger partial charge >= 0.3 is 6.18 Å². The predicted molar refractivity (Wildman–Crippen MR) is 53.1 cm³/mol. The Morgan fingerprint density at radius 2 is 1.62 bits per heavy atom. The summed E-state index contributed by atoms with van der Waals surface area (Å²) in [5.74, 6) is -2.13. The normalized spacial score (nSPS) is 13.1. The van der Waals surface area contributed by atoms with Gasteiger partial charge in [0.05, 0.1) is 10.2 Å². The largest absolute Gasteiger partial charge is 0.444 e. The molecule has 0 fully saturated rings. The van der Waals surface area contributed by atoms with Crippen LogP contribution in [0, 0.1) is 11.6 Å². The van der Waals surface area contributed by atoms with Crippen molar-refractivity contribution in [1.29, 1.82) is 0 Å². The molecular formula is C8H2BrClF5N. The maximum absolute atomic E-state index is 12.9. The Bertz CT molecular complexity index is 420. The first-order valence-electron chi connectivity index (χ1n) is 3.67. The molecule has 0 amide bonds. The van der Waals surface area contributed by atoms with Gasteiger partial charge < -0.3 is 0 Å². The van der Waals surface area contributed by atoms with Gasteiger partial charge in [-0.3, -0.25) is 0 Å². The first-order valence-corrected chi connectivity index (χ1v) is 4.85. The Kier molecular flexibility index (Phi) is 3.90. The quantitative estimate of drug-likeness (QED) is 0.408. The molecule has 1 nitrogen and oxygen atoms in total. The smallest absolute Gasteiger partial charge is 0.232 e. The lowest BCUT2D eigenvalue weighted by molar-refractivity contribution is -0.0558. The first-order chi connectivity index (χ1) is 7.21. The third kappa shape index (κ3) is 3.15. The fourth-order valence-electron chi connectivity index (χ4n) is 0.783. The highest BCUT2D eigenvalue weighted by atomic mass is 79.9. The SMILES string of the molecule is Fc1cc(N=C(Cl)C(F)(F)F)cc(F)c1Br. The zero-order chi connectivity index (χ0) is 12.5. The Hall–Kier alpha value is -0.690. The molecule has 0 saturated heterocycles. The van der Waals surface area contributed by atoms with Crippen LogP contribution in [0.3, 0.4) is 0 Å². The molecule has 1 aromatic carbocycles. The Labute approximate surface area is 100 Å². The van der Waals surface area contributed by atoms with E-state index in [4.69, 9.17) is 11.6 Å². The van der Waals surface area contributed by atoms with Crippen molar-refractivity contribution in [2.45, 2.75) is 6.18 Å². The van der Waals surface area contributed by atoms with Crippen LogP contribution in [0.1, 0.15) is 0 Å². The summed E-state index contributed by atoms with van der Waals surface area (Å²) in [5.41, 5.74) is -0.555. The molecule has 0 atom stereocenters. The molecule has 16 heavy (non-hydrogen) atoms. The number of hydrogen-bond donors (Lipinski definition) is 0. The summed E-state index contributed by atoms with van der Waals surface area (Å²) in [6.07, 6.45) is -4.85. The van der Waals surface area contributed by atoms with Gasteiger partial charge in [-0.05, 0) is 15.9 Å². The zero-order valence-corrected chi connectivity index (χ0v) is 9.59. The van der Waals surface area contributed by atoms with Crippen LogP contribution < -0.4 is 0 Å². The second kappa shape index (κ2) is 4.67. The molecule has 0 aliphatic rings. The summed E-state index contributed by atoms with van der Waals surface area (Å²) in [5, 5.41) is -1.70. The topological polar surface area (TPSA) is 12.4 Å². The van der Waals surface area contributed by atoms with E-state index < -0.39 is 33.1 Å². The van der Waals surface area contributed by atoms with Crippen LogP contribution in [-0.2, 0) is 0 Å². The molecule has 0 heterocycles. The third-order valence-electron chi connectivity index (χ3n) is 1.43. The highest BCUT2D eigenvalue weighted by molar-refractivity contribution is 9.10. The summed E-state index contributed by atoms with van der Waals surface area (Å²) in [7, 11) is 0. The highest BCUT2D eigenvalue weighted by Crippen LogP contribution is 2.28. The van der Waals surface area contributed by atoms with Crippen molar-refractivity contribution < 1.29 is 22.0 Å². The van der Waals surface area contributed by atoms with Crippen LogP contribution in [-0.4, -0.2) is 11.3 Å². The van der Waals surface area contributed by atoms with Crippen molar-refractivity contribution in [3.63, 3.8) is 0 Å². The van der Waals surface area contributed by atoms with Gasteiger partial charge in [-0.1, -0.05) is 11.6 Å². The molecular weight excluding hydrogens is 320 g/mol. The number of halogens is 7. The molecule has 0 saturated carbocycles. The van der Waals surface area contributed by atoms with E-state index in [1.54, 1.807) is 0 Å². The van der Waals surface area contributed by atoms with Crippen LogP contribution >= 0.6 is 27.5 Å². The summed E-state index contributed by atoms with van der Waals surface area (Å²) < 4.78 is 61.2. The average Bonchev–Trinajstić information content (AvgIpc) is 2.12. The van der Waals surface area contributed by atoms with Gasteiger partial charge in [-0.25, -0.2) is 13.8 Å². The Morgan fingerprint density at radius 1 is 1.19 bits per heavy atom. The van der Waals surface area contributed by atoms with E-state index in [9.17, 15) is 22.0 Å². The maximum atomic E-state index is 12.9. The summed E-state index contributed by atoms with van der Waals surface area (Å²) in [6.45, 7) is 0. The predicted octanol–water partition coefficient (Wildman–Crippen LogP) is 4.56. The highest BCUT2D eigenvalue weighted by Gasteiger charge is 2.34. The van der Waals surface area contributed by atoms with Crippen LogP contribution in [0.4, 0.5) is 27.6 Å². The van der Waals surface area contributed by atoms with Gasteiger partial charge in [0.25, 0.3) is 0 Å². The third-order valence-corrected chi connectivity index (χ3v) is 2.49. The molecule has 1 aromatic rings. The van der Waals surface area contributed by atoms with Gasteiger partial charge in [0.2, 0.25) is 5.17 Å². The van der Waals surface area contributed by atoms with Crippen molar-refractivity contribution in [2.75, 3.05) is 0 Å². The monoisotopic (exact) mass is 321 g/mol. The van der Waals surface area contributed by atoms with Crippen LogP contribution in [0.15, 0.2) is 21.6 Å². The van der Waals surface area contributed by atoms with Crippen LogP contribution in [0.5, 0.6) is 0 Å². The number of nitrogens with zero attached hydrogens (tertiary/aromatic N) is 1. The summed E-state index contributed by atoms with van der Waals surface area (Å²) in [4.78, 5) is 2.85. The van der Waals surface area contributed by atoms with Gasteiger partial charge in [-0.2, -0.15) is 13.2 Å². The lowest BCUT2D eigenvalue weighted by Crippen LogP contribution is -2.16. The molecule has 0 unspecified atom stereocenters. The molecule has 0 radical (unpaired) electrons. The van der Waals surface area contributed by atoms with Gasteiger partial charge in [0.15, 0.2) is 0 Å². The molecule has 8 heteroatoms. The van der Waals surface area contributed by atoms with Crippen LogP contribution in [0.2, 0.25) is 0 Å². The minimum Gasteiger partial charge on any atom is -0.232 e. The lowest BCUT2D eigenvalue weighted by atomic mass is 10.3. The summed E-state index contributed by atoms with van der Waals surface area (Å²) in [6, 6.07) is 1.25. The fourth-order valence-corrected chi connectivity index (χ4v) is 1.11. The Morgan fingerprint density at radius 3 is 2.00 bits per heavy atom. The average molecular weight is 322 g/mol.